The van der Waals surface area contributed by atoms with Gasteiger partial charge in [-0.2, -0.15) is 0 Å². The summed E-state index contributed by atoms with van der Waals surface area (Å²) < 4.78 is 5.88. The Bertz CT molecular complexity index is 396. The van der Waals surface area contributed by atoms with E-state index in [4.69, 9.17) is 16.0 Å². The Kier molecular flexibility index (Phi) is 2.33. The zero-order valence-electron chi connectivity index (χ0n) is 6.37. The van der Waals surface area contributed by atoms with Crippen LogP contribution in [-0.2, 0) is 0 Å². The van der Waals surface area contributed by atoms with Crippen molar-refractivity contribution >= 4 is 27.5 Å². The summed E-state index contributed by atoms with van der Waals surface area (Å²) in [7, 11) is 0. The van der Waals surface area contributed by atoms with E-state index in [1.807, 2.05) is 12.1 Å². The van der Waals surface area contributed by atoms with E-state index in [1.165, 1.54) is 6.39 Å². The molecular formula is C8H4BrClN2O. The van der Waals surface area contributed by atoms with Gasteiger partial charge in [0.05, 0.1) is 10.6 Å². The molecule has 0 unspecified atom stereocenters. The minimum Gasteiger partial charge on any atom is -0.423 e. The number of hydrogen-bond donors (Lipinski definition) is 0. The molecule has 1 aromatic heterocycles. The van der Waals surface area contributed by atoms with Crippen LogP contribution in [0.1, 0.15) is 0 Å². The summed E-state index contributed by atoms with van der Waals surface area (Å²) in [6.07, 6.45) is 1.27. The third-order valence-corrected chi connectivity index (χ3v) is 2.51. The van der Waals surface area contributed by atoms with Crippen molar-refractivity contribution in [2.24, 2.45) is 0 Å². The van der Waals surface area contributed by atoms with E-state index in [1.54, 1.807) is 6.07 Å². The predicted octanol–water partition coefficient (Wildman–Crippen LogP) is 3.15. The van der Waals surface area contributed by atoms with Gasteiger partial charge in [-0.1, -0.05) is 17.7 Å². The molecule has 3 nitrogen and oxygen atoms in total. The fourth-order valence-corrected chi connectivity index (χ4v) is 1.89. The van der Waals surface area contributed by atoms with Crippen molar-refractivity contribution in [3.05, 3.63) is 34.1 Å². The lowest BCUT2D eigenvalue weighted by Gasteiger charge is -2.00. The molecule has 0 aliphatic heterocycles. The third-order valence-electron chi connectivity index (χ3n) is 1.54. The van der Waals surface area contributed by atoms with Gasteiger partial charge in [0.25, 0.3) is 0 Å². The Balaban J connectivity index is 2.64. The molecule has 0 aliphatic rings. The van der Waals surface area contributed by atoms with Gasteiger partial charge < -0.3 is 4.42 Å². The highest BCUT2D eigenvalue weighted by Gasteiger charge is 2.11. The molecule has 1 heterocycles. The van der Waals surface area contributed by atoms with E-state index in [0.717, 1.165) is 10.0 Å². The lowest BCUT2D eigenvalue weighted by molar-refractivity contribution is 0.568. The Labute approximate surface area is 87.9 Å². The Morgan fingerprint density at radius 1 is 1.38 bits per heavy atom. The molecular weight excluding hydrogens is 255 g/mol. The van der Waals surface area contributed by atoms with Crippen LogP contribution in [0.3, 0.4) is 0 Å². The maximum absolute atomic E-state index is 5.96. The van der Waals surface area contributed by atoms with Crippen LogP contribution in [0.2, 0.25) is 5.02 Å². The first kappa shape index (κ1) is 8.72. The second-order valence-electron chi connectivity index (χ2n) is 2.34. The molecule has 0 spiro atoms. The van der Waals surface area contributed by atoms with Crippen LogP contribution in [0.25, 0.3) is 11.5 Å². The molecule has 5 heteroatoms. The molecule has 0 radical (unpaired) electrons. The molecule has 2 rings (SSSR count). The summed E-state index contributed by atoms with van der Waals surface area (Å²) in [5.74, 6) is 0.414. The molecule has 0 saturated heterocycles. The summed E-state index contributed by atoms with van der Waals surface area (Å²) in [6.45, 7) is 0. The van der Waals surface area contributed by atoms with Crippen molar-refractivity contribution in [2.75, 3.05) is 0 Å². The van der Waals surface area contributed by atoms with E-state index >= 15 is 0 Å². The number of nitrogens with zero attached hydrogens (tertiary/aromatic N) is 2. The van der Waals surface area contributed by atoms with Crippen LogP contribution in [0, 0.1) is 0 Å². The molecule has 0 saturated carbocycles. The SMILES string of the molecule is Clc1cccc(Br)c1-c1nnco1. The number of rotatable bonds is 1. The second kappa shape index (κ2) is 3.47. The number of halogens is 2. The van der Waals surface area contributed by atoms with Crippen molar-refractivity contribution < 1.29 is 4.42 Å². The average molecular weight is 259 g/mol. The fourth-order valence-electron chi connectivity index (χ4n) is 0.984. The molecule has 0 aliphatic carbocycles. The molecule has 66 valence electrons. The smallest absolute Gasteiger partial charge is 0.250 e. The largest absolute Gasteiger partial charge is 0.423 e. The predicted molar refractivity (Wildman–Crippen MR) is 52.4 cm³/mol. The summed E-state index contributed by atoms with van der Waals surface area (Å²) in [4.78, 5) is 0. The standard InChI is InChI=1S/C8H4BrClN2O/c9-5-2-1-3-6(10)7(5)8-12-11-4-13-8/h1-4H. The second-order valence-corrected chi connectivity index (χ2v) is 3.60. The average Bonchev–Trinajstić information content (AvgIpc) is 2.57. The lowest BCUT2D eigenvalue weighted by atomic mass is 10.2. The van der Waals surface area contributed by atoms with Crippen LogP contribution in [0.15, 0.2) is 33.5 Å². The minimum atomic E-state index is 0.414. The number of benzene rings is 1. The lowest BCUT2D eigenvalue weighted by Crippen LogP contribution is -1.81. The van der Waals surface area contributed by atoms with Crippen molar-refractivity contribution in [1.29, 1.82) is 0 Å². The molecule has 13 heavy (non-hydrogen) atoms. The summed E-state index contributed by atoms with van der Waals surface area (Å²) >= 11 is 9.32. The van der Waals surface area contributed by atoms with Crippen LogP contribution in [0.4, 0.5) is 0 Å². The van der Waals surface area contributed by atoms with Crippen LogP contribution < -0.4 is 0 Å². The van der Waals surface area contributed by atoms with Gasteiger partial charge in [-0.05, 0) is 28.1 Å². The summed E-state index contributed by atoms with van der Waals surface area (Å²) in [5, 5.41) is 7.94. The maximum atomic E-state index is 5.96. The minimum absolute atomic E-state index is 0.414. The molecule has 0 atom stereocenters. The highest BCUT2D eigenvalue weighted by Crippen LogP contribution is 2.32. The number of hydrogen-bond acceptors (Lipinski definition) is 3. The topological polar surface area (TPSA) is 38.9 Å². The van der Waals surface area contributed by atoms with Gasteiger partial charge in [-0.3, -0.25) is 0 Å². The fraction of sp³-hybridized carbons (Fsp3) is 0. The van der Waals surface area contributed by atoms with Gasteiger partial charge in [0.2, 0.25) is 12.3 Å². The van der Waals surface area contributed by atoms with Crippen LogP contribution in [0.5, 0.6) is 0 Å². The van der Waals surface area contributed by atoms with Crippen molar-refractivity contribution in [3.63, 3.8) is 0 Å². The van der Waals surface area contributed by atoms with Gasteiger partial charge in [0.15, 0.2) is 0 Å². The Morgan fingerprint density at radius 3 is 2.85 bits per heavy atom. The van der Waals surface area contributed by atoms with Gasteiger partial charge in [-0.15, -0.1) is 10.2 Å². The number of aromatic nitrogens is 2. The molecule has 0 amide bonds. The van der Waals surface area contributed by atoms with E-state index in [0.29, 0.717) is 10.9 Å². The Morgan fingerprint density at radius 2 is 2.23 bits per heavy atom. The van der Waals surface area contributed by atoms with Gasteiger partial charge in [0.1, 0.15) is 0 Å². The zero-order chi connectivity index (χ0) is 9.26. The van der Waals surface area contributed by atoms with Crippen molar-refractivity contribution in [1.82, 2.24) is 10.2 Å². The first-order valence-electron chi connectivity index (χ1n) is 3.49. The third kappa shape index (κ3) is 1.59. The van der Waals surface area contributed by atoms with Crippen molar-refractivity contribution in [3.8, 4) is 11.5 Å². The molecule has 0 N–H and O–H groups in total. The van der Waals surface area contributed by atoms with Crippen LogP contribution >= 0.6 is 27.5 Å². The van der Waals surface area contributed by atoms with E-state index in [9.17, 15) is 0 Å². The molecule has 1 aromatic carbocycles. The first-order valence-corrected chi connectivity index (χ1v) is 4.66. The summed E-state index contributed by atoms with van der Waals surface area (Å²) in [6, 6.07) is 5.48. The molecule has 0 bridgehead atoms. The first-order chi connectivity index (χ1) is 6.29. The highest BCUT2D eigenvalue weighted by atomic mass is 79.9. The van der Waals surface area contributed by atoms with E-state index in [-0.39, 0.29) is 0 Å². The van der Waals surface area contributed by atoms with Gasteiger partial charge in [0, 0.05) is 4.47 Å². The molecule has 0 fully saturated rings. The zero-order valence-corrected chi connectivity index (χ0v) is 8.71. The maximum Gasteiger partial charge on any atom is 0.250 e. The van der Waals surface area contributed by atoms with Gasteiger partial charge in [-0.25, -0.2) is 0 Å². The van der Waals surface area contributed by atoms with Gasteiger partial charge >= 0.3 is 0 Å². The van der Waals surface area contributed by atoms with E-state index < -0.39 is 0 Å². The van der Waals surface area contributed by atoms with Crippen molar-refractivity contribution in [2.45, 2.75) is 0 Å². The van der Waals surface area contributed by atoms with Crippen LogP contribution in [-0.4, -0.2) is 10.2 Å². The Hall–Kier alpha value is -0.870. The highest BCUT2D eigenvalue weighted by molar-refractivity contribution is 9.10. The monoisotopic (exact) mass is 258 g/mol. The summed E-state index contributed by atoms with van der Waals surface area (Å²) in [5.41, 5.74) is 0.724. The normalized spacial score (nSPS) is 10.3. The van der Waals surface area contributed by atoms with E-state index in [2.05, 4.69) is 26.1 Å². The quantitative estimate of drug-likeness (QED) is 0.790. The molecule has 2 aromatic rings.